The highest BCUT2D eigenvalue weighted by Crippen LogP contribution is 2.42. The van der Waals surface area contributed by atoms with Gasteiger partial charge in [0.05, 0.1) is 0 Å². The topological polar surface area (TPSA) is 26.0 Å². The summed E-state index contributed by atoms with van der Waals surface area (Å²) in [6.07, 6.45) is 6.60. The fraction of sp³-hybridized carbons (Fsp3) is 0.571. The maximum absolute atomic E-state index is 6.37. The normalized spacial score (nSPS) is 27.1. The maximum atomic E-state index is 6.37. The number of fused-ring (bicyclic) bond motifs is 1. The van der Waals surface area contributed by atoms with Crippen LogP contribution in [0.25, 0.3) is 0 Å². The van der Waals surface area contributed by atoms with E-state index >= 15 is 0 Å². The molecular formula is C14H19N. The van der Waals surface area contributed by atoms with Gasteiger partial charge in [0.1, 0.15) is 0 Å². The van der Waals surface area contributed by atoms with E-state index in [1.807, 2.05) is 0 Å². The Morgan fingerprint density at radius 2 is 1.93 bits per heavy atom. The lowest BCUT2D eigenvalue weighted by Gasteiger charge is -2.30. The number of hydrogen-bond acceptors (Lipinski definition) is 1. The average Bonchev–Trinajstić information content (AvgIpc) is 3.11. The van der Waals surface area contributed by atoms with Crippen LogP contribution in [0.15, 0.2) is 24.3 Å². The number of rotatable bonds is 2. The highest BCUT2D eigenvalue weighted by Gasteiger charge is 2.36. The van der Waals surface area contributed by atoms with Crippen LogP contribution in [0.2, 0.25) is 0 Å². The Hall–Kier alpha value is -0.820. The van der Waals surface area contributed by atoms with Gasteiger partial charge in [-0.1, -0.05) is 24.3 Å². The summed E-state index contributed by atoms with van der Waals surface area (Å²) in [5, 5.41) is 0. The van der Waals surface area contributed by atoms with Crippen molar-refractivity contribution in [3.8, 4) is 0 Å². The van der Waals surface area contributed by atoms with Crippen molar-refractivity contribution in [2.24, 2.45) is 11.7 Å². The smallest absolute Gasteiger partial charge is 0.0136 e. The summed E-state index contributed by atoms with van der Waals surface area (Å²) < 4.78 is 0. The molecule has 0 amide bonds. The Kier molecular flexibility index (Phi) is 2.28. The lowest BCUT2D eigenvalue weighted by molar-refractivity contribution is 0.428. The van der Waals surface area contributed by atoms with Gasteiger partial charge in [-0.15, -0.1) is 0 Å². The fourth-order valence-electron chi connectivity index (χ4n) is 3.00. The van der Waals surface area contributed by atoms with E-state index in [-0.39, 0.29) is 0 Å². The Bertz CT molecular complexity index is 354. The predicted octanol–water partition coefficient (Wildman–Crippen LogP) is 2.84. The fourth-order valence-corrected chi connectivity index (χ4v) is 3.00. The van der Waals surface area contributed by atoms with Gasteiger partial charge in [0.25, 0.3) is 0 Å². The van der Waals surface area contributed by atoms with Crippen LogP contribution in [0.4, 0.5) is 0 Å². The molecule has 0 saturated heterocycles. The molecule has 0 heterocycles. The maximum Gasteiger partial charge on any atom is 0.0136 e. The van der Waals surface area contributed by atoms with Gasteiger partial charge in [-0.25, -0.2) is 0 Å². The van der Waals surface area contributed by atoms with Crippen molar-refractivity contribution in [2.75, 3.05) is 0 Å². The van der Waals surface area contributed by atoms with Gasteiger partial charge in [-0.2, -0.15) is 0 Å². The largest absolute Gasteiger partial charge is 0.327 e. The van der Waals surface area contributed by atoms with Crippen molar-refractivity contribution in [3.05, 3.63) is 35.4 Å². The molecule has 1 fully saturated rings. The summed E-state index contributed by atoms with van der Waals surface area (Å²) in [7, 11) is 0. The summed E-state index contributed by atoms with van der Waals surface area (Å²) in [5.74, 6) is 1.46. The number of aryl methyl sites for hydroxylation is 1. The Balaban J connectivity index is 1.91. The van der Waals surface area contributed by atoms with Crippen LogP contribution in [0.3, 0.4) is 0 Å². The third-order valence-electron chi connectivity index (χ3n) is 4.05. The van der Waals surface area contributed by atoms with Gasteiger partial charge in [-0.05, 0) is 55.1 Å². The quantitative estimate of drug-likeness (QED) is 0.782. The predicted molar refractivity (Wildman–Crippen MR) is 62.8 cm³/mol. The zero-order valence-corrected chi connectivity index (χ0v) is 9.15. The molecule has 1 aromatic rings. The second-order valence-electron chi connectivity index (χ2n) is 5.11. The first-order valence-electron chi connectivity index (χ1n) is 6.19. The van der Waals surface area contributed by atoms with Crippen LogP contribution in [-0.2, 0) is 6.42 Å². The third kappa shape index (κ3) is 1.69. The third-order valence-corrected chi connectivity index (χ3v) is 4.05. The highest BCUT2D eigenvalue weighted by atomic mass is 14.7. The molecule has 2 atom stereocenters. The van der Waals surface area contributed by atoms with Gasteiger partial charge in [-0.3, -0.25) is 0 Å². The molecule has 1 nitrogen and oxygen atoms in total. The molecule has 2 aliphatic carbocycles. The van der Waals surface area contributed by atoms with Gasteiger partial charge in [0.2, 0.25) is 0 Å². The van der Waals surface area contributed by atoms with E-state index < -0.39 is 0 Å². The Morgan fingerprint density at radius 3 is 2.73 bits per heavy atom. The molecule has 3 rings (SSSR count). The Labute approximate surface area is 91.7 Å². The highest BCUT2D eigenvalue weighted by molar-refractivity contribution is 5.34. The lowest BCUT2D eigenvalue weighted by Crippen LogP contribution is -2.32. The molecular weight excluding hydrogens is 182 g/mol. The van der Waals surface area contributed by atoms with E-state index in [0.717, 1.165) is 5.92 Å². The first kappa shape index (κ1) is 9.41. The monoisotopic (exact) mass is 201 g/mol. The van der Waals surface area contributed by atoms with Crippen LogP contribution >= 0.6 is 0 Å². The minimum absolute atomic E-state index is 0.423. The molecule has 1 heteroatoms. The van der Waals surface area contributed by atoms with Crippen molar-refractivity contribution in [2.45, 2.75) is 44.1 Å². The first-order chi connectivity index (χ1) is 7.36. The molecule has 0 spiro atoms. The van der Waals surface area contributed by atoms with E-state index in [2.05, 4.69) is 24.3 Å². The molecule has 1 saturated carbocycles. The van der Waals surface area contributed by atoms with Crippen molar-refractivity contribution >= 4 is 0 Å². The molecule has 0 bridgehead atoms. The molecule has 2 unspecified atom stereocenters. The summed E-state index contributed by atoms with van der Waals surface area (Å²) in [6, 6.07) is 9.31. The lowest BCUT2D eigenvalue weighted by atomic mass is 9.78. The van der Waals surface area contributed by atoms with Crippen LogP contribution < -0.4 is 5.73 Å². The minimum atomic E-state index is 0.423. The SMILES string of the molecule is NC(C1CC1)C1CCCc2ccccc21. The molecule has 0 aliphatic heterocycles. The number of benzene rings is 1. The summed E-state index contributed by atoms with van der Waals surface area (Å²) in [4.78, 5) is 0. The van der Waals surface area contributed by atoms with Crippen LogP contribution in [-0.4, -0.2) is 6.04 Å². The number of nitrogens with two attached hydrogens (primary N) is 1. The standard InChI is InChI=1S/C14H19N/c15-14(11-8-9-11)13-7-3-5-10-4-1-2-6-12(10)13/h1-2,4,6,11,13-14H,3,5,7-9,15H2. The molecule has 1 aromatic carbocycles. The summed E-state index contributed by atoms with van der Waals surface area (Å²) >= 11 is 0. The first-order valence-corrected chi connectivity index (χ1v) is 6.19. The summed E-state index contributed by atoms with van der Waals surface area (Å²) in [5.41, 5.74) is 9.46. The van der Waals surface area contributed by atoms with E-state index in [0.29, 0.717) is 12.0 Å². The van der Waals surface area contributed by atoms with E-state index in [1.54, 1.807) is 11.1 Å². The average molecular weight is 201 g/mol. The van der Waals surface area contributed by atoms with Crippen molar-refractivity contribution in [3.63, 3.8) is 0 Å². The zero-order valence-electron chi connectivity index (χ0n) is 9.15. The van der Waals surface area contributed by atoms with Gasteiger partial charge < -0.3 is 5.73 Å². The summed E-state index contributed by atoms with van der Waals surface area (Å²) in [6.45, 7) is 0. The molecule has 2 aliphatic rings. The molecule has 0 radical (unpaired) electrons. The van der Waals surface area contributed by atoms with E-state index in [1.165, 1.54) is 32.1 Å². The minimum Gasteiger partial charge on any atom is -0.327 e. The molecule has 80 valence electrons. The van der Waals surface area contributed by atoms with Crippen LogP contribution in [0.5, 0.6) is 0 Å². The van der Waals surface area contributed by atoms with Gasteiger partial charge >= 0.3 is 0 Å². The van der Waals surface area contributed by atoms with Gasteiger partial charge in [0, 0.05) is 6.04 Å². The van der Waals surface area contributed by atoms with Crippen molar-refractivity contribution < 1.29 is 0 Å². The van der Waals surface area contributed by atoms with E-state index in [9.17, 15) is 0 Å². The van der Waals surface area contributed by atoms with Crippen molar-refractivity contribution in [1.29, 1.82) is 0 Å². The zero-order chi connectivity index (χ0) is 10.3. The Morgan fingerprint density at radius 1 is 1.13 bits per heavy atom. The second-order valence-corrected chi connectivity index (χ2v) is 5.11. The second kappa shape index (κ2) is 3.64. The van der Waals surface area contributed by atoms with Crippen LogP contribution in [0.1, 0.15) is 42.7 Å². The molecule has 2 N–H and O–H groups in total. The molecule has 15 heavy (non-hydrogen) atoms. The van der Waals surface area contributed by atoms with Crippen LogP contribution in [0, 0.1) is 5.92 Å². The van der Waals surface area contributed by atoms with Gasteiger partial charge in [0.15, 0.2) is 0 Å². The van der Waals surface area contributed by atoms with Crippen molar-refractivity contribution in [1.82, 2.24) is 0 Å². The molecule has 0 aromatic heterocycles. The van der Waals surface area contributed by atoms with E-state index in [4.69, 9.17) is 5.73 Å². The number of hydrogen-bond donors (Lipinski definition) is 1.